The summed E-state index contributed by atoms with van der Waals surface area (Å²) in [4.78, 5) is 26.0. The van der Waals surface area contributed by atoms with Crippen molar-refractivity contribution in [3.63, 3.8) is 0 Å². The van der Waals surface area contributed by atoms with Gasteiger partial charge < -0.3 is 0 Å². The minimum atomic E-state index is -0.303. The van der Waals surface area contributed by atoms with Crippen LogP contribution in [0.3, 0.4) is 0 Å². The van der Waals surface area contributed by atoms with Gasteiger partial charge in [0.15, 0.2) is 0 Å². The highest BCUT2D eigenvalue weighted by Crippen LogP contribution is 2.29. The monoisotopic (exact) mass is 276 g/mol. The molecule has 2 amide bonds. The molecule has 2 aromatic carbocycles. The van der Waals surface area contributed by atoms with Crippen LogP contribution < -0.4 is 4.90 Å². The fourth-order valence-corrected chi connectivity index (χ4v) is 2.44. The molecule has 0 aliphatic carbocycles. The third-order valence-electron chi connectivity index (χ3n) is 3.52. The quantitative estimate of drug-likeness (QED) is 0.792. The molecule has 102 valence electrons. The Morgan fingerprint density at radius 1 is 1.00 bits per heavy atom. The molecule has 4 heteroatoms. The molecule has 4 nitrogen and oxygen atoms in total. The summed E-state index contributed by atoms with van der Waals surface area (Å²) in [6, 6.07) is 14.2. The number of hydrogen-bond acceptors (Lipinski definition) is 3. The molecule has 0 atom stereocenters. The SMILES string of the molecule is Cc1ccc2c(c1)C(=O)N(c1ccc(CC#N)cc1)C2=O. The van der Waals surface area contributed by atoms with Gasteiger partial charge in [-0.05, 0) is 36.8 Å². The first-order chi connectivity index (χ1) is 10.1. The Morgan fingerprint density at radius 3 is 2.33 bits per heavy atom. The number of carbonyl (C=O) groups is 2. The van der Waals surface area contributed by atoms with Crippen molar-refractivity contribution < 1.29 is 9.59 Å². The second-order valence-electron chi connectivity index (χ2n) is 5.00. The highest BCUT2D eigenvalue weighted by Gasteiger charge is 2.36. The lowest BCUT2D eigenvalue weighted by atomic mass is 10.1. The molecule has 1 aliphatic rings. The topological polar surface area (TPSA) is 61.2 Å². The molecule has 0 aromatic heterocycles. The van der Waals surface area contributed by atoms with E-state index in [0.717, 1.165) is 11.1 Å². The normalized spacial score (nSPS) is 13.2. The lowest BCUT2D eigenvalue weighted by Gasteiger charge is -2.13. The highest BCUT2D eigenvalue weighted by molar-refractivity contribution is 6.34. The number of nitriles is 1. The molecule has 21 heavy (non-hydrogen) atoms. The van der Waals surface area contributed by atoms with Crippen molar-refractivity contribution in [2.75, 3.05) is 4.90 Å². The average Bonchev–Trinajstić information content (AvgIpc) is 2.72. The Kier molecular flexibility index (Phi) is 3.03. The number of fused-ring (bicyclic) bond motifs is 1. The molecule has 0 bridgehead atoms. The van der Waals surface area contributed by atoms with E-state index in [0.29, 0.717) is 23.2 Å². The number of rotatable bonds is 2. The number of benzene rings is 2. The molecule has 0 saturated carbocycles. The molecular weight excluding hydrogens is 264 g/mol. The maximum Gasteiger partial charge on any atom is 0.266 e. The van der Waals surface area contributed by atoms with E-state index in [2.05, 4.69) is 6.07 Å². The van der Waals surface area contributed by atoms with Gasteiger partial charge in [-0.3, -0.25) is 9.59 Å². The standard InChI is InChI=1S/C17H12N2O2/c1-11-2-7-14-15(10-11)17(21)19(16(14)20)13-5-3-12(4-6-13)8-9-18/h2-7,10H,8H2,1H3. The van der Waals surface area contributed by atoms with Crippen molar-refractivity contribution in [3.05, 3.63) is 64.7 Å². The number of amides is 2. The van der Waals surface area contributed by atoms with E-state index in [4.69, 9.17) is 5.26 Å². The van der Waals surface area contributed by atoms with Gasteiger partial charge in [0.2, 0.25) is 0 Å². The van der Waals surface area contributed by atoms with Crippen LogP contribution in [0.1, 0.15) is 31.8 Å². The Labute approximate surface area is 122 Å². The maximum atomic E-state index is 12.4. The first-order valence-electron chi connectivity index (χ1n) is 6.57. The summed E-state index contributed by atoms with van der Waals surface area (Å²) < 4.78 is 0. The summed E-state index contributed by atoms with van der Waals surface area (Å²) in [5.41, 5.74) is 3.21. The van der Waals surface area contributed by atoms with E-state index in [1.54, 1.807) is 36.4 Å². The van der Waals surface area contributed by atoms with Gasteiger partial charge in [0.1, 0.15) is 0 Å². The van der Waals surface area contributed by atoms with Crippen molar-refractivity contribution >= 4 is 17.5 Å². The molecule has 1 heterocycles. The lowest BCUT2D eigenvalue weighted by molar-refractivity contribution is 0.0926. The van der Waals surface area contributed by atoms with Gasteiger partial charge in [0, 0.05) is 0 Å². The molecule has 1 aliphatic heterocycles. The number of imide groups is 1. The largest absolute Gasteiger partial charge is 0.268 e. The molecular formula is C17H12N2O2. The fourth-order valence-electron chi connectivity index (χ4n) is 2.44. The highest BCUT2D eigenvalue weighted by atomic mass is 16.2. The van der Waals surface area contributed by atoms with Crippen molar-refractivity contribution in [1.29, 1.82) is 5.26 Å². The first-order valence-corrected chi connectivity index (χ1v) is 6.57. The van der Waals surface area contributed by atoms with Crippen LogP contribution in [0.25, 0.3) is 0 Å². The number of carbonyl (C=O) groups excluding carboxylic acids is 2. The molecule has 0 spiro atoms. The van der Waals surface area contributed by atoms with E-state index in [-0.39, 0.29) is 11.8 Å². The molecule has 0 saturated heterocycles. The van der Waals surface area contributed by atoms with Crippen LogP contribution in [0, 0.1) is 18.3 Å². The van der Waals surface area contributed by atoms with E-state index in [1.807, 2.05) is 13.0 Å². The van der Waals surface area contributed by atoms with Crippen molar-refractivity contribution in [2.45, 2.75) is 13.3 Å². The van der Waals surface area contributed by atoms with E-state index in [9.17, 15) is 9.59 Å². The first kappa shape index (κ1) is 13.1. The van der Waals surface area contributed by atoms with Gasteiger partial charge in [-0.15, -0.1) is 0 Å². The van der Waals surface area contributed by atoms with Crippen LogP contribution in [0.5, 0.6) is 0 Å². The zero-order chi connectivity index (χ0) is 15.0. The molecule has 2 aromatic rings. The van der Waals surface area contributed by atoms with E-state index < -0.39 is 0 Å². The Hall–Kier alpha value is -2.93. The lowest BCUT2D eigenvalue weighted by Crippen LogP contribution is -2.29. The van der Waals surface area contributed by atoms with Crippen molar-refractivity contribution in [2.24, 2.45) is 0 Å². The molecule has 0 N–H and O–H groups in total. The van der Waals surface area contributed by atoms with Gasteiger partial charge in [-0.2, -0.15) is 5.26 Å². The van der Waals surface area contributed by atoms with Crippen LogP contribution >= 0.6 is 0 Å². The van der Waals surface area contributed by atoms with Gasteiger partial charge in [-0.25, -0.2) is 4.90 Å². The van der Waals surface area contributed by atoms with Crippen molar-refractivity contribution in [3.8, 4) is 6.07 Å². The number of aryl methyl sites for hydroxylation is 1. The fraction of sp³-hybridized carbons (Fsp3) is 0.118. The Bertz CT molecular complexity index is 785. The Balaban J connectivity index is 2.00. The molecule has 0 radical (unpaired) electrons. The second-order valence-corrected chi connectivity index (χ2v) is 5.00. The third-order valence-corrected chi connectivity index (χ3v) is 3.52. The van der Waals surface area contributed by atoms with E-state index in [1.165, 1.54) is 4.90 Å². The summed E-state index contributed by atoms with van der Waals surface area (Å²) in [7, 11) is 0. The summed E-state index contributed by atoms with van der Waals surface area (Å²) in [5.74, 6) is -0.602. The average molecular weight is 276 g/mol. The van der Waals surface area contributed by atoms with Crippen LogP contribution in [0.15, 0.2) is 42.5 Å². The van der Waals surface area contributed by atoms with Crippen molar-refractivity contribution in [1.82, 2.24) is 0 Å². The summed E-state index contributed by atoms with van der Waals surface area (Å²) >= 11 is 0. The molecule has 3 rings (SSSR count). The smallest absolute Gasteiger partial charge is 0.266 e. The summed E-state index contributed by atoms with van der Waals surface area (Å²) in [6.07, 6.45) is 0.307. The van der Waals surface area contributed by atoms with Gasteiger partial charge >= 0.3 is 0 Å². The van der Waals surface area contributed by atoms with Crippen LogP contribution in [-0.4, -0.2) is 11.8 Å². The van der Waals surface area contributed by atoms with E-state index >= 15 is 0 Å². The zero-order valence-electron chi connectivity index (χ0n) is 11.5. The van der Waals surface area contributed by atoms with Gasteiger partial charge in [0.25, 0.3) is 11.8 Å². The van der Waals surface area contributed by atoms with Gasteiger partial charge in [0.05, 0.1) is 29.3 Å². The maximum absolute atomic E-state index is 12.4. The van der Waals surface area contributed by atoms with Crippen LogP contribution in [0.4, 0.5) is 5.69 Å². The number of nitrogens with zero attached hydrogens (tertiary/aromatic N) is 2. The molecule has 0 unspecified atom stereocenters. The number of hydrogen-bond donors (Lipinski definition) is 0. The second kappa shape index (κ2) is 4.88. The minimum absolute atomic E-state index is 0.299. The summed E-state index contributed by atoms with van der Waals surface area (Å²) in [6.45, 7) is 1.89. The predicted octanol–water partition coefficient (Wildman–Crippen LogP) is 2.86. The van der Waals surface area contributed by atoms with Crippen LogP contribution in [-0.2, 0) is 6.42 Å². The third kappa shape index (κ3) is 2.09. The van der Waals surface area contributed by atoms with Gasteiger partial charge in [-0.1, -0.05) is 23.8 Å². The minimum Gasteiger partial charge on any atom is -0.268 e. The Morgan fingerprint density at radius 2 is 1.67 bits per heavy atom. The molecule has 0 fully saturated rings. The summed E-state index contributed by atoms with van der Waals surface area (Å²) in [5, 5.41) is 8.66. The zero-order valence-corrected chi connectivity index (χ0v) is 11.5. The predicted molar refractivity (Wildman–Crippen MR) is 78.1 cm³/mol. The number of anilines is 1. The van der Waals surface area contributed by atoms with Crippen LogP contribution in [0.2, 0.25) is 0 Å².